The molecule has 0 saturated carbocycles. The Morgan fingerprint density at radius 3 is 2.72 bits per heavy atom. The number of nitrogens with zero attached hydrogens (tertiary/aromatic N) is 8. The van der Waals surface area contributed by atoms with Gasteiger partial charge in [-0.25, -0.2) is 27.5 Å². The topological polar surface area (TPSA) is 110 Å². The van der Waals surface area contributed by atoms with Gasteiger partial charge in [0.1, 0.15) is 41.2 Å². The van der Waals surface area contributed by atoms with Crippen LogP contribution in [0.2, 0.25) is 0 Å². The lowest BCUT2D eigenvalue weighted by atomic mass is 9.91. The van der Waals surface area contributed by atoms with E-state index in [4.69, 9.17) is 14.5 Å². The van der Waals surface area contributed by atoms with Crippen molar-refractivity contribution in [2.75, 3.05) is 57.4 Å². The third kappa shape index (κ3) is 5.80. The number of pyridine rings is 1. The first-order chi connectivity index (χ1) is 26.1. The fraction of sp³-hybridized carbons (Fsp3) is 0.385. The standard InChI is InChI=1S/C39H36F4N8O3/c1-23-44-12-10-26(46-23)7-9-30(52)51-15-14-49(19-39(51)20-53-21-39)36-28-17-45-34(27-5-2-4-24-6-8-29(41)32(42)31(24)27)33(43)35(28)47-37(48-36)54-22-38-11-3-13-50(38)18-25(40)16-38/h2,4-10,12,17,25H,3,11,13-16,18-22H2,1H3/b9-7+/t25-,38+/m1/s1. The molecule has 0 bridgehead atoms. The van der Waals surface area contributed by atoms with Crippen molar-refractivity contribution in [3.63, 3.8) is 0 Å². The van der Waals surface area contributed by atoms with Crippen LogP contribution < -0.4 is 9.64 Å². The highest BCUT2D eigenvalue weighted by Gasteiger charge is 2.51. The first kappa shape index (κ1) is 34.5. The Hall–Kier alpha value is -5.28. The summed E-state index contributed by atoms with van der Waals surface area (Å²) in [5.41, 5.74) is -0.867. The molecule has 4 aliphatic heterocycles. The summed E-state index contributed by atoms with van der Waals surface area (Å²) in [6.07, 6.45) is 7.22. The number of anilines is 1. The van der Waals surface area contributed by atoms with E-state index in [9.17, 15) is 13.6 Å². The Labute approximate surface area is 307 Å². The van der Waals surface area contributed by atoms with Crippen molar-refractivity contribution in [2.24, 2.45) is 0 Å². The van der Waals surface area contributed by atoms with Gasteiger partial charge in [-0.3, -0.25) is 14.7 Å². The minimum atomic E-state index is -1.11. The molecule has 4 saturated heterocycles. The van der Waals surface area contributed by atoms with Gasteiger partial charge in [-0.1, -0.05) is 24.3 Å². The molecule has 5 aromatic rings. The molecule has 0 N–H and O–H groups in total. The third-order valence-corrected chi connectivity index (χ3v) is 11.2. The first-order valence-corrected chi connectivity index (χ1v) is 18.0. The monoisotopic (exact) mass is 740 g/mol. The lowest BCUT2D eigenvalue weighted by Crippen LogP contribution is -2.72. The molecule has 9 rings (SSSR count). The molecular weight excluding hydrogens is 704 g/mol. The number of hydrogen-bond acceptors (Lipinski definition) is 10. The first-order valence-electron chi connectivity index (χ1n) is 18.0. The zero-order chi connectivity index (χ0) is 37.2. The fourth-order valence-corrected chi connectivity index (χ4v) is 8.57. The van der Waals surface area contributed by atoms with Crippen molar-refractivity contribution >= 4 is 39.5 Å². The van der Waals surface area contributed by atoms with Gasteiger partial charge in [-0.2, -0.15) is 9.97 Å². The number of ether oxygens (including phenoxy) is 2. The number of benzene rings is 2. The number of piperazine rings is 1. The summed E-state index contributed by atoms with van der Waals surface area (Å²) in [6, 6.07) is 8.79. The molecule has 0 radical (unpaired) electrons. The average Bonchev–Trinajstić information content (AvgIpc) is 3.69. The highest BCUT2D eigenvalue weighted by atomic mass is 19.2. The smallest absolute Gasteiger partial charge is 0.319 e. The summed E-state index contributed by atoms with van der Waals surface area (Å²) in [5, 5.41) is 0.550. The number of carbonyl (C=O) groups excluding carboxylic acids is 1. The quantitative estimate of drug-likeness (QED) is 0.158. The molecule has 2 atom stereocenters. The largest absolute Gasteiger partial charge is 0.461 e. The predicted octanol–water partition coefficient (Wildman–Crippen LogP) is 5.45. The highest BCUT2D eigenvalue weighted by molar-refractivity contribution is 5.99. The van der Waals surface area contributed by atoms with Crippen LogP contribution in [0.4, 0.5) is 23.4 Å². The maximum atomic E-state index is 16.9. The number of rotatable bonds is 7. The van der Waals surface area contributed by atoms with Crippen molar-refractivity contribution in [1.29, 1.82) is 0 Å². The van der Waals surface area contributed by atoms with Crippen LogP contribution in [0.25, 0.3) is 39.0 Å². The van der Waals surface area contributed by atoms with Gasteiger partial charge in [-0.05, 0) is 49.9 Å². The van der Waals surface area contributed by atoms with Gasteiger partial charge in [0.25, 0.3) is 0 Å². The summed E-state index contributed by atoms with van der Waals surface area (Å²) in [5.74, 6) is -2.31. The molecular formula is C39H36F4N8O3. The van der Waals surface area contributed by atoms with Crippen LogP contribution in [0.15, 0.2) is 54.9 Å². The summed E-state index contributed by atoms with van der Waals surface area (Å²) >= 11 is 0. The molecule has 3 aromatic heterocycles. The number of amides is 1. The lowest BCUT2D eigenvalue weighted by molar-refractivity contribution is -0.164. The maximum Gasteiger partial charge on any atom is 0.319 e. The van der Waals surface area contributed by atoms with E-state index in [1.54, 1.807) is 42.3 Å². The van der Waals surface area contributed by atoms with Gasteiger partial charge < -0.3 is 19.3 Å². The Balaban J connectivity index is 1.10. The molecule has 2 aromatic carbocycles. The molecule has 11 nitrogen and oxygen atoms in total. The second kappa shape index (κ2) is 13.2. The molecule has 4 fully saturated rings. The molecule has 1 amide bonds. The molecule has 278 valence electrons. The molecule has 1 spiro atoms. The molecule has 4 aliphatic rings. The Morgan fingerprint density at radius 1 is 1.04 bits per heavy atom. The van der Waals surface area contributed by atoms with E-state index in [0.717, 1.165) is 25.5 Å². The van der Waals surface area contributed by atoms with Crippen LogP contribution in [0.1, 0.15) is 30.8 Å². The van der Waals surface area contributed by atoms with Crippen LogP contribution in [-0.2, 0) is 9.53 Å². The second-order valence-corrected chi connectivity index (χ2v) is 14.6. The minimum Gasteiger partial charge on any atom is -0.461 e. The predicted molar refractivity (Wildman–Crippen MR) is 192 cm³/mol. The SMILES string of the molecule is Cc1nccc(/C=C/C(=O)N2CCN(c3nc(OC[C@@]45CCCN4C[C@H](F)C5)nc4c(F)c(-c5cccc6ccc(F)c(F)c56)ncc34)CC23COC3)n1. The number of aryl methyl sites for hydroxylation is 1. The minimum absolute atomic E-state index is 0.0647. The number of alkyl halides is 1. The fourth-order valence-electron chi connectivity index (χ4n) is 8.57. The van der Waals surface area contributed by atoms with Crippen molar-refractivity contribution in [1.82, 2.24) is 34.7 Å². The molecule has 7 heterocycles. The number of halogens is 4. The van der Waals surface area contributed by atoms with E-state index < -0.39 is 34.7 Å². The summed E-state index contributed by atoms with van der Waals surface area (Å²) in [6.45, 7) is 4.50. The summed E-state index contributed by atoms with van der Waals surface area (Å²) < 4.78 is 73.1. The maximum absolute atomic E-state index is 16.9. The Bertz CT molecular complexity index is 2340. The van der Waals surface area contributed by atoms with Gasteiger partial charge in [-0.15, -0.1) is 0 Å². The number of fused-ring (bicyclic) bond motifs is 3. The van der Waals surface area contributed by atoms with Crippen molar-refractivity contribution < 1.29 is 31.8 Å². The van der Waals surface area contributed by atoms with Gasteiger partial charge >= 0.3 is 6.01 Å². The van der Waals surface area contributed by atoms with Gasteiger partial charge in [0.05, 0.1) is 29.8 Å². The van der Waals surface area contributed by atoms with Crippen molar-refractivity contribution in [2.45, 2.75) is 43.4 Å². The number of carbonyl (C=O) groups is 1. The van der Waals surface area contributed by atoms with E-state index in [-0.39, 0.29) is 59.3 Å². The summed E-state index contributed by atoms with van der Waals surface area (Å²) in [7, 11) is 0. The number of aromatic nitrogens is 5. The normalized spacial score (nSPS) is 22.4. The van der Waals surface area contributed by atoms with E-state index in [1.165, 1.54) is 24.4 Å². The molecule has 0 unspecified atom stereocenters. The van der Waals surface area contributed by atoms with Crippen molar-refractivity contribution in [3.05, 3.63) is 83.8 Å². The zero-order valence-electron chi connectivity index (χ0n) is 29.4. The second-order valence-electron chi connectivity index (χ2n) is 14.6. The van der Waals surface area contributed by atoms with Gasteiger partial charge in [0.15, 0.2) is 17.5 Å². The molecule has 0 aliphatic carbocycles. The van der Waals surface area contributed by atoms with E-state index >= 15 is 8.78 Å². The van der Waals surface area contributed by atoms with Crippen molar-refractivity contribution in [3.8, 4) is 17.3 Å². The Kier molecular flexibility index (Phi) is 8.45. The third-order valence-electron chi connectivity index (χ3n) is 11.2. The van der Waals surface area contributed by atoms with Crippen LogP contribution >= 0.6 is 0 Å². The zero-order valence-corrected chi connectivity index (χ0v) is 29.4. The van der Waals surface area contributed by atoms with Crippen LogP contribution in [0.3, 0.4) is 0 Å². The molecule has 15 heteroatoms. The van der Waals surface area contributed by atoms with Crippen LogP contribution in [0, 0.1) is 24.4 Å². The van der Waals surface area contributed by atoms with Crippen LogP contribution in [0.5, 0.6) is 6.01 Å². The van der Waals surface area contributed by atoms with Crippen LogP contribution in [-0.4, -0.2) is 110 Å². The summed E-state index contributed by atoms with van der Waals surface area (Å²) in [4.78, 5) is 41.7. The van der Waals surface area contributed by atoms with E-state index in [2.05, 4.69) is 24.8 Å². The van der Waals surface area contributed by atoms with Gasteiger partial charge in [0.2, 0.25) is 5.91 Å². The molecule has 54 heavy (non-hydrogen) atoms. The van der Waals surface area contributed by atoms with Gasteiger partial charge in [0, 0.05) is 62.0 Å². The highest BCUT2D eigenvalue weighted by Crippen LogP contribution is 2.42. The number of hydrogen-bond donors (Lipinski definition) is 0. The lowest BCUT2D eigenvalue weighted by Gasteiger charge is -2.55. The van der Waals surface area contributed by atoms with E-state index in [0.29, 0.717) is 55.3 Å². The van der Waals surface area contributed by atoms with E-state index in [1.807, 2.05) is 4.90 Å². The Morgan fingerprint density at radius 2 is 1.91 bits per heavy atom. The average molecular weight is 741 g/mol.